The summed E-state index contributed by atoms with van der Waals surface area (Å²) < 4.78 is 0. The zero-order valence-electron chi connectivity index (χ0n) is 11.4. The first-order valence-electron chi connectivity index (χ1n) is 6.77. The molecule has 1 aliphatic heterocycles. The number of nitrogens with zero attached hydrogens (tertiary/aromatic N) is 2. The van der Waals surface area contributed by atoms with E-state index in [2.05, 4.69) is 30.7 Å². The van der Waals surface area contributed by atoms with Crippen molar-refractivity contribution in [3.63, 3.8) is 0 Å². The molecule has 0 bridgehead atoms. The van der Waals surface area contributed by atoms with E-state index in [1.807, 2.05) is 0 Å². The highest BCUT2D eigenvalue weighted by atomic mass is 16.4. The van der Waals surface area contributed by atoms with Gasteiger partial charge in [0.05, 0.1) is 0 Å². The van der Waals surface area contributed by atoms with Crippen LogP contribution in [0.1, 0.15) is 39.5 Å². The van der Waals surface area contributed by atoms with E-state index in [4.69, 9.17) is 0 Å². The van der Waals surface area contributed by atoms with E-state index in [0.29, 0.717) is 6.04 Å². The maximum Gasteiger partial charge on any atom is 0.320 e. The van der Waals surface area contributed by atoms with Crippen molar-refractivity contribution < 1.29 is 9.90 Å². The second-order valence-corrected chi connectivity index (χ2v) is 5.06. The molecule has 0 spiro atoms. The zero-order chi connectivity index (χ0) is 12.8. The molecule has 0 amide bonds. The maximum absolute atomic E-state index is 11.4. The van der Waals surface area contributed by atoms with Gasteiger partial charge in [-0.25, -0.2) is 0 Å². The van der Waals surface area contributed by atoms with Crippen molar-refractivity contribution in [3.05, 3.63) is 0 Å². The third-order valence-electron chi connectivity index (χ3n) is 3.67. The molecule has 1 saturated heterocycles. The number of hydrogen-bond acceptors (Lipinski definition) is 3. The Hall–Kier alpha value is -0.610. The molecule has 1 rings (SSSR count). The Morgan fingerprint density at radius 1 is 1.41 bits per heavy atom. The Bertz CT molecular complexity index is 246. The fraction of sp³-hybridized carbons (Fsp3) is 0.923. The van der Waals surface area contributed by atoms with E-state index < -0.39 is 5.97 Å². The van der Waals surface area contributed by atoms with Gasteiger partial charge in [0.15, 0.2) is 0 Å². The van der Waals surface area contributed by atoms with E-state index in [1.54, 1.807) is 0 Å². The first-order valence-corrected chi connectivity index (χ1v) is 6.77. The van der Waals surface area contributed by atoms with E-state index in [0.717, 1.165) is 45.3 Å². The highest BCUT2D eigenvalue weighted by molar-refractivity contribution is 5.73. The van der Waals surface area contributed by atoms with Gasteiger partial charge < -0.3 is 10.0 Å². The van der Waals surface area contributed by atoms with Crippen LogP contribution in [0.4, 0.5) is 0 Å². The highest BCUT2D eigenvalue weighted by Gasteiger charge is 2.31. The van der Waals surface area contributed by atoms with E-state index in [9.17, 15) is 9.90 Å². The van der Waals surface area contributed by atoms with Gasteiger partial charge in [0.2, 0.25) is 0 Å². The molecular weight excluding hydrogens is 216 g/mol. The van der Waals surface area contributed by atoms with Gasteiger partial charge in [-0.1, -0.05) is 20.3 Å². The largest absolute Gasteiger partial charge is 0.480 e. The van der Waals surface area contributed by atoms with Crippen LogP contribution < -0.4 is 0 Å². The molecule has 1 aliphatic rings. The van der Waals surface area contributed by atoms with E-state index in [-0.39, 0.29) is 6.04 Å². The first-order chi connectivity index (χ1) is 8.10. The monoisotopic (exact) mass is 242 g/mol. The molecule has 0 aliphatic carbocycles. The van der Waals surface area contributed by atoms with Gasteiger partial charge >= 0.3 is 5.97 Å². The normalized spacial score (nSPS) is 25.5. The van der Waals surface area contributed by atoms with Crippen molar-refractivity contribution >= 4 is 5.97 Å². The lowest BCUT2D eigenvalue weighted by Gasteiger charge is -2.34. The van der Waals surface area contributed by atoms with E-state index >= 15 is 0 Å². The van der Waals surface area contributed by atoms with Crippen LogP contribution in [0.3, 0.4) is 0 Å². The predicted octanol–water partition coefficient (Wildman–Crippen LogP) is 1.66. The first kappa shape index (κ1) is 14.5. The molecule has 0 aromatic carbocycles. The maximum atomic E-state index is 11.4. The van der Waals surface area contributed by atoms with Crippen LogP contribution in [-0.2, 0) is 4.79 Å². The standard InChI is InChI=1S/C13H26N2O2/c1-4-7-12(13(16)17)15-9-6-8-14(3)10-11(15)5-2/h11-12H,4-10H2,1-3H3,(H,16,17). The number of rotatable bonds is 5. The Balaban J connectivity index is 2.78. The second-order valence-electron chi connectivity index (χ2n) is 5.06. The van der Waals surface area contributed by atoms with Crippen molar-refractivity contribution in [1.82, 2.24) is 9.80 Å². The van der Waals surface area contributed by atoms with Gasteiger partial charge in [0.1, 0.15) is 6.04 Å². The Morgan fingerprint density at radius 2 is 2.12 bits per heavy atom. The van der Waals surface area contributed by atoms with Crippen molar-refractivity contribution in [2.45, 2.75) is 51.6 Å². The summed E-state index contributed by atoms with van der Waals surface area (Å²) in [5.74, 6) is -0.658. The quantitative estimate of drug-likeness (QED) is 0.796. The van der Waals surface area contributed by atoms with Gasteiger partial charge in [-0.05, 0) is 32.9 Å². The third kappa shape index (κ3) is 3.96. The molecule has 17 heavy (non-hydrogen) atoms. The number of carboxylic acids is 1. The fourth-order valence-corrected chi connectivity index (χ4v) is 2.74. The van der Waals surface area contributed by atoms with Crippen LogP contribution >= 0.6 is 0 Å². The van der Waals surface area contributed by atoms with E-state index in [1.165, 1.54) is 0 Å². The number of carboxylic acid groups (broad SMARTS) is 1. The second kappa shape index (κ2) is 6.97. The van der Waals surface area contributed by atoms with Gasteiger partial charge in [-0.3, -0.25) is 9.69 Å². The molecule has 1 fully saturated rings. The smallest absolute Gasteiger partial charge is 0.320 e. The summed E-state index contributed by atoms with van der Waals surface area (Å²) in [4.78, 5) is 15.9. The minimum absolute atomic E-state index is 0.295. The number of carbonyl (C=O) groups is 1. The van der Waals surface area contributed by atoms with Crippen molar-refractivity contribution in [1.29, 1.82) is 0 Å². The molecule has 1 N–H and O–H groups in total. The van der Waals surface area contributed by atoms with Crippen LogP contribution in [0.5, 0.6) is 0 Å². The molecule has 4 heteroatoms. The van der Waals surface area contributed by atoms with Gasteiger partial charge in [-0.15, -0.1) is 0 Å². The van der Waals surface area contributed by atoms with Crippen LogP contribution in [-0.4, -0.2) is 59.6 Å². The molecule has 100 valence electrons. The minimum atomic E-state index is -0.658. The summed E-state index contributed by atoms with van der Waals surface area (Å²) in [6.45, 7) is 7.19. The van der Waals surface area contributed by atoms with Gasteiger partial charge in [-0.2, -0.15) is 0 Å². The number of likely N-dealkylation sites (N-methyl/N-ethyl adjacent to an activating group) is 1. The Kier molecular flexibility index (Phi) is 5.92. The van der Waals surface area contributed by atoms with Crippen molar-refractivity contribution in [2.24, 2.45) is 0 Å². The topological polar surface area (TPSA) is 43.8 Å². The van der Waals surface area contributed by atoms with Crippen LogP contribution in [0, 0.1) is 0 Å². The van der Waals surface area contributed by atoms with Crippen molar-refractivity contribution in [3.8, 4) is 0 Å². The predicted molar refractivity (Wildman–Crippen MR) is 69.2 cm³/mol. The molecule has 0 radical (unpaired) electrons. The summed E-state index contributed by atoms with van der Waals surface area (Å²) in [5.41, 5.74) is 0. The average molecular weight is 242 g/mol. The molecule has 0 aromatic heterocycles. The molecule has 4 nitrogen and oxygen atoms in total. The van der Waals surface area contributed by atoms with Gasteiger partial charge in [0, 0.05) is 19.1 Å². The zero-order valence-corrected chi connectivity index (χ0v) is 11.4. The summed E-state index contributed by atoms with van der Waals surface area (Å²) in [6.07, 6.45) is 3.79. The molecule has 2 atom stereocenters. The average Bonchev–Trinajstić information content (AvgIpc) is 2.47. The third-order valence-corrected chi connectivity index (χ3v) is 3.67. The number of hydrogen-bond donors (Lipinski definition) is 1. The lowest BCUT2D eigenvalue weighted by molar-refractivity contribution is -0.144. The molecule has 1 heterocycles. The SMILES string of the molecule is CCCC(C(=O)O)N1CCCN(C)CC1CC. The number of aliphatic carboxylic acids is 1. The fourth-order valence-electron chi connectivity index (χ4n) is 2.74. The van der Waals surface area contributed by atoms with Crippen LogP contribution in [0.25, 0.3) is 0 Å². The molecule has 0 saturated carbocycles. The lowest BCUT2D eigenvalue weighted by atomic mass is 10.1. The lowest BCUT2D eigenvalue weighted by Crippen LogP contribution is -2.49. The Morgan fingerprint density at radius 3 is 2.65 bits per heavy atom. The summed E-state index contributed by atoms with van der Waals surface area (Å²) in [6, 6.07) is 0.0894. The summed E-state index contributed by atoms with van der Waals surface area (Å²) >= 11 is 0. The summed E-state index contributed by atoms with van der Waals surface area (Å²) in [5, 5.41) is 9.37. The molecule has 2 unspecified atom stereocenters. The Labute approximate surface area is 105 Å². The summed E-state index contributed by atoms with van der Waals surface area (Å²) in [7, 11) is 2.13. The molecular formula is C13H26N2O2. The molecule has 0 aromatic rings. The highest BCUT2D eigenvalue weighted by Crippen LogP contribution is 2.18. The minimum Gasteiger partial charge on any atom is -0.480 e. The van der Waals surface area contributed by atoms with Gasteiger partial charge in [0.25, 0.3) is 0 Å². The van der Waals surface area contributed by atoms with Crippen molar-refractivity contribution in [2.75, 3.05) is 26.7 Å². The van der Waals surface area contributed by atoms with Crippen LogP contribution in [0.2, 0.25) is 0 Å². The van der Waals surface area contributed by atoms with Crippen LogP contribution in [0.15, 0.2) is 0 Å².